The molecule has 3 rings (SSSR count). The van der Waals surface area contributed by atoms with Crippen LogP contribution in [0.3, 0.4) is 0 Å². The standard InChI is InChI=1S/C18H22F2N2O2/c1-24-15-7-6-13-4-2-3-5-14(13)16(15)17(18(19,20)12-23)22-10-8-21-9-11-22/h2-7,17,21,23H,8-12H2,1H3/t17-/m1/s1. The van der Waals surface area contributed by atoms with Crippen molar-refractivity contribution in [3.8, 4) is 5.75 Å². The Morgan fingerprint density at radius 2 is 1.92 bits per heavy atom. The quantitative estimate of drug-likeness (QED) is 0.880. The molecule has 1 aliphatic heterocycles. The predicted molar refractivity (Wildman–Crippen MR) is 89.7 cm³/mol. The Labute approximate surface area is 140 Å². The molecule has 0 bridgehead atoms. The van der Waals surface area contributed by atoms with Gasteiger partial charge < -0.3 is 15.2 Å². The lowest BCUT2D eigenvalue weighted by Gasteiger charge is -2.39. The fourth-order valence-electron chi connectivity index (χ4n) is 3.42. The lowest BCUT2D eigenvalue weighted by atomic mass is 9.92. The molecule has 1 atom stereocenters. The van der Waals surface area contributed by atoms with Gasteiger partial charge in [0.25, 0.3) is 5.92 Å². The van der Waals surface area contributed by atoms with Crippen LogP contribution in [0.2, 0.25) is 0 Å². The average molecular weight is 336 g/mol. The van der Waals surface area contributed by atoms with E-state index >= 15 is 0 Å². The van der Waals surface area contributed by atoms with Crippen molar-refractivity contribution in [2.75, 3.05) is 39.9 Å². The molecule has 0 aromatic heterocycles. The van der Waals surface area contributed by atoms with Crippen molar-refractivity contribution in [2.24, 2.45) is 0 Å². The van der Waals surface area contributed by atoms with E-state index in [1.807, 2.05) is 30.3 Å². The van der Waals surface area contributed by atoms with Crippen molar-refractivity contribution >= 4 is 10.8 Å². The van der Waals surface area contributed by atoms with Gasteiger partial charge in [-0.1, -0.05) is 30.3 Å². The first-order chi connectivity index (χ1) is 11.6. The molecule has 1 aliphatic rings. The van der Waals surface area contributed by atoms with E-state index in [1.165, 1.54) is 7.11 Å². The number of rotatable bonds is 5. The number of ether oxygens (including phenoxy) is 1. The lowest BCUT2D eigenvalue weighted by Crippen LogP contribution is -2.51. The number of aliphatic hydroxyl groups is 1. The molecule has 2 aromatic rings. The minimum Gasteiger partial charge on any atom is -0.496 e. The van der Waals surface area contributed by atoms with Gasteiger partial charge in [0, 0.05) is 31.7 Å². The molecule has 1 fully saturated rings. The zero-order valence-electron chi connectivity index (χ0n) is 13.6. The second kappa shape index (κ2) is 7.01. The molecule has 0 aliphatic carbocycles. The molecule has 0 spiro atoms. The van der Waals surface area contributed by atoms with Crippen LogP contribution in [-0.2, 0) is 0 Å². The molecule has 6 heteroatoms. The maximum atomic E-state index is 14.8. The molecule has 4 nitrogen and oxygen atoms in total. The lowest BCUT2D eigenvalue weighted by molar-refractivity contribution is -0.118. The minimum absolute atomic E-state index is 0.422. The van der Waals surface area contributed by atoms with Gasteiger partial charge in [0.15, 0.2) is 0 Å². The number of hydrogen-bond donors (Lipinski definition) is 2. The fourth-order valence-corrected chi connectivity index (χ4v) is 3.42. The summed E-state index contributed by atoms with van der Waals surface area (Å²) in [5.74, 6) is -2.85. The van der Waals surface area contributed by atoms with Gasteiger partial charge in [0.2, 0.25) is 0 Å². The van der Waals surface area contributed by atoms with E-state index in [9.17, 15) is 13.9 Å². The van der Waals surface area contributed by atoms with E-state index < -0.39 is 18.6 Å². The van der Waals surface area contributed by atoms with Crippen molar-refractivity contribution in [3.63, 3.8) is 0 Å². The highest BCUT2D eigenvalue weighted by atomic mass is 19.3. The number of nitrogens with one attached hydrogen (secondary N) is 1. The molecule has 0 radical (unpaired) electrons. The zero-order valence-corrected chi connectivity index (χ0v) is 13.6. The summed E-state index contributed by atoms with van der Waals surface area (Å²) in [6.45, 7) is 1.07. The summed E-state index contributed by atoms with van der Waals surface area (Å²) in [4.78, 5) is 1.73. The minimum atomic E-state index is -3.27. The highest BCUT2D eigenvalue weighted by Gasteiger charge is 2.46. The van der Waals surface area contributed by atoms with Gasteiger partial charge in [-0.2, -0.15) is 0 Å². The van der Waals surface area contributed by atoms with Crippen molar-refractivity contribution in [2.45, 2.75) is 12.0 Å². The highest BCUT2D eigenvalue weighted by Crippen LogP contribution is 2.44. The van der Waals surface area contributed by atoms with E-state index in [1.54, 1.807) is 11.0 Å². The smallest absolute Gasteiger partial charge is 0.290 e. The monoisotopic (exact) mass is 336 g/mol. The Hall–Kier alpha value is -1.76. The molecule has 130 valence electrons. The molecular weight excluding hydrogens is 314 g/mol. The van der Waals surface area contributed by atoms with E-state index in [-0.39, 0.29) is 0 Å². The van der Waals surface area contributed by atoms with E-state index in [0.29, 0.717) is 37.5 Å². The van der Waals surface area contributed by atoms with Crippen molar-refractivity contribution in [1.82, 2.24) is 10.2 Å². The Morgan fingerprint density at radius 3 is 2.58 bits per heavy atom. The van der Waals surface area contributed by atoms with Crippen molar-refractivity contribution in [3.05, 3.63) is 42.0 Å². The molecule has 0 saturated carbocycles. The van der Waals surface area contributed by atoms with Crippen LogP contribution in [0.15, 0.2) is 36.4 Å². The van der Waals surface area contributed by atoms with Crippen LogP contribution in [0.4, 0.5) is 8.78 Å². The normalized spacial score (nSPS) is 17.8. The van der Waals surface area contributed by atoms with Crippen molar-refractivity contribution < 1.29 is 18.6 Å². The Morgan fingerprint density at radius 1 is 1.21 bits per heavy atom. The molecule has 1 heterocycles. The molecular formula is C18H22F2N2O2. The van der Waals surface area contributed by atoms with Crippen LogP contribution in [-0.4, -0.2) is 55.8 Å². The molecule has 24 heavy (non-hydrogen) atoms. The SMILES string of the molecule is COc1ccc2ccccc2c1[C@@H](N1CCNCC1)C(F)(F)CO. The third kappa shape index (κ3) is 3.09. The number of halogens is 2. The summed E-state index contributed by atoms with van der Waals surface area (Å²) >= 11 is 0. The molecule has 2 aromatic carbocycles. The van der Waals surface area contributed by atoms with Crippen LogP contribution in [0.25, 0.3) is 10.8 Å². The Balaban J connectivity index is 2.21. The summed E-state index contributed by atoms with van der Waals surface area (Å²) in [6.07, 6.45) is 0. The van der Waals surface area contributed by atoms with Gasteiger partial charge in [0.1, 0.15) is 18.4 Å². The number of piperazine rings is 1. The number of nitrogens with zero attached hydrogens (tertiary/aromatic N) is 1. The number of benzene rings is 2. The fraction of sp³-hybridized carbons (Fsp3) is 0.444. The van der Waals surface area contributed by atoms with Gasteiger partial charge >= 0.3 is 0 Å². The van der Waals surface area contributed by atoms with Crippen LogP contribution in [0.5, 0.6) is 5.75 Å². The topological polar surface area (TPSA) is 44.7 Å². The first-order valence-corrected chi connectivity index (χ1v) is 8.07. The summed E-state index contributed by atoms with van der Waals surface area (Å²) < 4.78 is 34.9. The largest absolute Gasteiger partial charge is 0.496 e. The van der Waals surface area contributed by atoms with Crippen molar-refractivity contribution in [1.29, 1.82) is 0 Å². The maximum absolute atomic E-state index is 14.8. The average Bonchev–Trinajstić information content (AvgIpc) is 2.63. The van der Waals surface area contributed by atoms with Gasteiger partial charge in [-0.3, -0.25) is 4.90 Å². The number of alkyl halides is 2. The predicted octanol–water partition coefficient (Wildman–Crippen LogP) is 2.42. The highest BCUT2D eigenvalue weighted by molar-refractivity contribution is 5.88. The van der Waals surface area contributed by atoms with E-state index in [2.05, 4.69) is 5.32 Å². The van der Waals surface area contributed by atoms with Crippen LogP contribution in [0.1, 0.15) is 11.6 Å². The van der Waals surface area contributed by atoms with Gasteiger partial charge in [-0.05, 0) is 16.8 Å². The summed E-state index contributed by atoms with van der Waals surface area (Å²) in [5.41, 5.74) is 0.441. The molecule has 1 saturated heterocycles. The Kier molecular flexibility index (Phi) is 4.99. The van der Waals surface area contributed by atoms with E-state index in [0.717, 1.165) is 10.8 Å². The van der Waals surface area contributed by atoms with E-state index in [4.69, 9.17) is 4.74 Å². The zero-order chi connectivity index (χ0) is 17.2. The number of methoxy groups -OCH3 is 1. The summed E-state index contributed by atoms with van der Waals surface area (Å²) in [6, 6.07) is 9.79. The molecule has 0 unspecified atom stereocenters. The van der Waals surface area contributed by atoms with Crippen LogP contribution in [0, 0.1) is 0 Å². The second-order valence-electron chi connectivity index (χ2n) is 6.01. The van der Waals surface area contributed by atoms with Gasteiger partial charge in [-0.15, -0.1) is 0 Å². The summed E-state index contributed by atoms with van der Waals surface area (Å²) in [5, 5.41) is 14.1. The molecule has 2 N–H and O–H groups in total. The van der Waals surface area contributed by atoms with Gasteiger partial charge in [-0.25, -0.2) is 8.78 Å². The number of fused-ring (bicyclic) bond motifs is 1. The third-order valence-corrected chi connectivity index (χ3v) is 4.55. The number of hydrogen-bond acceptors (Lipinski definition) is 4. The molecule has 0 amide bonds. The third-order valence-electron chi connectivity index (χ3n) is 4.55. The second-order valence-corrected chi connectivity index (χ2v) is 6.01. The first kappa shape index (κ1) is 17.1. The first-order valence-electron chi connectivity index (χ1n) is 8.07. The Bertz CT molecular complexity index is 702. The maximum Gasteiger partial charge on any atom is 0.290 e. The number of aliphatic hydroxyl groups excluding tert-OH is 1. The van der Waals surface area contributed by atoms with Crippen LogP contribution < -0.4 is 10.1 Å². The van der Waals surface area contributed by atoms with Crippen LogP contribution >= 0.6 is 0 Å². The van der Waals surface area contributed by atoms with Gasteiger partial charge in [0.05, 0.1) is 7.11 Å². The summed E-state index contributed by atoms with van der Waals surface area (Å²) in [7, 11) is 1.49.